The van der Waals surface area contributed by atoms with Crippen molar-refractivity contribution >= 4 is 49.2 Å². The number of nitrogens with zero attached hydrogens (tertiary/aromatic N) is 5. The first-order valence-electron chi connectivity index (χ1n) is 11.1. The second-order valence-electron chi connectivity index (χ2n) is 8.11. The summed E-state index contributed by atoms with van der Waals surface area (Å²) in [6.07, 6.45) is 3.62. The molecule has 0 radical (unpaired) electrons. The van der Waals surface area contributed by atoms with Crippen LogP contribution in [-0.4, -0.2) is 43.6 Å². The van der Waals surface area contributed by atoms with Gasteiger partial charge in [-0.25, -0.2) is 15.0 Å². The summed E-state index contributed by atoms with van der Waals surface area (Å²) in [6, 6.07) is 9.61. The number of aryl methyl sites for hydroxylation is 1. The lowest BCUT2D eigenvalue weighted by Gasteiger charge is -2.09. The number of amides is 1. The Morgan fingerprint density at radius 2 is 2.00 bits per heavy atom. The number of thiazole rings is 1. The molecule has 0 aliphatic heterocycles. The Balaban J connectivity index is 1.25. The van der Waals surface area contributed by atoms with Gasteiger partial charge in [-0.1, -0.05) is 28.6 Å². The Hall–Kier alpha value is -4.12. The molecule has 0 saturated heterocycles. The smallest absolute Gasteiger partial charge is 0.233 e. The lowest BCUT2D eigenvalue weighted by Crippen LogP contribution is -2.16. The van der Waals surface area contributed by atoms with Crippen LogP contribution < -0.4 is 15.4 Å². The molecule has 0 unspecified atom stereocenters. The molecule has 2 N–H and O–H groups in total. The quantitative estimate of drug-likeness (QED) is 0.315. The number of pyridine rings is 2. The molecule has 5 rings (SSSR count). The fraction of sp³-hybridized carbons (Fsp3) is 0.250. The molecule has 1 aromatic carbocycles. The lowest BCUT2D eigenvalue weighted by atomic mass is 10.1. The van der Waals surface area contributed by atoms with Gasteiger partial charge in [-0.3, -0.25) is 4.79 Å². The molecule has 0 fully saturated rings. The van der Waals surface area contributed by atoms with Crippen molar-refractivity contribution in [2.24, 2.45) is 0 Å². The highest BCUT2D eigenvalue weighted by Gasteiger charge is 2.14. The van der Waals surface area contributed by atoms with E-state index in [1.807, 2.05) is 38.1 Å². The van der Waals surface area contributed by atoms with Crippen LogP contribution in [0.4, 0.5) is 10.9 Å². The van der Waals surface area contributed by atoms with Gasteiger partial charge < -0.3 is 19.9 Å². The molecular weight excluding hydrogens is 466 g/mol. The van der Waals surface area contributed by atoms with E-state index >= 15 is 0 Å². The maximum Gasteiger partial charge on any atom is 0.233 e. The minimum absolute atomic E-state index is 0.00518. The van der Waals surface area contributed by atoms with Crippen molar-refractivity contribution in [1.82, 2.24) is 25.1 Å². The van der Waals surface area contributed by atoms with Gasteiger partial charge in [0, 0.05) is 43.2 Å². The number of hydrogen-bond donors (Lipinski definition) is 2. The third-order valence-corrected chi connectivity index (χ3v) is 6.04. The second kappa shape index (κ2) is 9.63. The summed E-state index contributed by atoms with van der Waals surface area (Å²) in [5.41, 5.74) is 1.57. The van der Waals surface area contributed by atoms with Crippen LogP contribution in [0.1, 0.15) is 26.2 Å². The molecule has 11 heteroatoms. The molecule has 4 heterocycles. The molecule has 35 heavy (non-hydrogen) atoms. The molecule has 0 aliphatic carbocycles. The van der Waals surface area contributed by atoms with Crippen molar-refractivity contribution < 1.29 is 14.1 Å². The van der Waals surface area contributed by atoms with Gasteiger partial charge in [0.1, 0.15) is 10.5 Å². The first-order chi connectivity index (χ1) is 17.0. The summed E-state index contributed by atoms with van der Waals surface area (Å²) in [4.78, 5) is 30.1. The van der Waals surface area contributed by atoms with Crippen molar-refractivity contribution in [3.05, 3.63) is 48.6 Å². The first-order valence-corrected chi connectivity index (χ1v) is 11.9. The zero-order valence-corrected chi connectivity index (χ0v) is 20.2. The first kappa shape index (κ1) is 22.7. The number of ether oxygens (including phenoxy) is 1. The van der Waals surface area contributed by atoms with E-state index in [1.165, 1.54) is 11.3 Å². The minimum Gasteiger partial charge on any atom is -0.474 e. The van der Waals surface area contributed by atoms with Crippen molar-refractivity contribution in [3.8, 4) is 17.3 Å². The van der Waals surface area contributed by atoms with Crippen LogP contribution in [0.25, 0.3) is 32.4 Å². The van der Waals surface area contributed by atoms with Crippen LogP contribution >= 0.6 is 11.3 Å². The standard InChI is InChI=1S/C24H23N7O3S/c1-13(2)33-23-20-18(7-10-27-23)29-24(35-20)30-19(32)8-11-26-22-17-12-16(21-28-14(3)34-31-21)5-4-15(17)6-9-25-22/h4-7,9-10,12-13H,8,11H2,1-3H3,(H,25,26)(H,29,30,32). The zero-order valence-electron chi connectivity index (χ0n) is 19.4. The molecule has 0 atom stereocenters. The third-order valence-electron chi connectivity index (χ3n) is 5.06. The predicted octanol–water partition coefficient (Wildman–Crippen LogP) is 4.83. The number of hydrogen-bond acceptors (Lipinski definition) is 10. The number of carbonyl (C=O) groups is 1. The van der Waals surface area contributed by atoms with Crippen molar-refractivity contribution in [2.45, 2.75) is 33.3 Å². The molecule has 0 spiro atoms. The van der Waals surface area contributed by atoms with E-state index in [0.29, 0.717) is 35.1 Å². The highest BCUT2D eigenvalue weighted by atomic mass is 32.1. The van der Waals surface area contributed by atoms with Crippen LogP contribution in [0.15, 0.2) is 47.2 Å². The molecule has 0 saturated carbocycles. The van der Waals surface area contributed by atoms with Gasteiger partial charge in [-0.05, 0) is 37.4 Å². The van der Waals surface area contributed by atoms with Gasteiger partial charge in [-0.15, -0.1) is 0 Å². The largest absolute Gasteiger partial charge is 0.474 e. The van der Waals surface area contributed by atoms with Gasteiger partial charge in [0.05, 0.1) is 11.6 Å². The SMILES string of the molecule is Cc1nc(-c2ccc3ccnc(NCCC(=O)Nc4nc5ccnc(OC(C)C)c5s4)c3c2)no1. The average molecular weight is 490 g/mol. The second-order valence-corrected chi connectivity index (χ2v) is 9.11. The molecule has 1 amide bonds. The van der Waals surface area contributed by atoms with E-state index in [2.05, 4.69) is 35.7 Å². The van der Waals surface area contributed by atoms with Crippen molar-refractivity contribution in [1.29, 1.82) is 0 Å². The molecule has 178 valence electrons. The van der Waals surface area contributed by atoms with Crippen LogP contribution in [0.5, 0.6) is 5.88 Å². The molecule has 0 aliphatic rings. The summed E-state index contributed by atoms with van der Waals surface area (Å²) >= 11 is 1.34. The summed E-state index contributed by atoms with van der Waals surface area (Å²) < 4.78 is 11.6. The summed E-state index contributed by atoms with van der Waals surface area (Å²) in [6.45, 7) is 6.03. The fourth-order valence-corrected chi connectivity index (χ4v) is 4.44. The number of rotatable bonds is 8. The molecule has 5 aromatic rings. The van der Waals surface area contributed by atoms with Crippen LogP contribution in [0, 0.1) is 6.92 Å². The van der Waals surface area contributed by atoms with Crippen molar-refractivity contribution in [2.75, 3.05) is 17.2 Å². The normalized spacial score (nSPS) is 11.3. The van der Waals surface area contributed by atoms with E-state index in [9.17, 15) is 4.79 Å². The Labute approximate surface area is 204 Å². The molecule has 0 bridgehead atoms. The fourth-order valence-electron chi connectivity index (χ4n) is 3.53. The Bertz CT molecular complexity index is 1510. The van der Waals surface area contributed by atoms with E-state index in [0.717, 1.165) is 26.6 Å². The number of carbonyl (C=O) groups excluding carboxylic acids is 1. The maximum atomic E-state index is 12.6. The number of anilines is 2. The van der Waals surface area contributed by atoms with Gasteiger partial charge >= 0.3 is 0 Å². The molecular formula is C24H23N7O3S. The molecule has 10 nitrogen and oxygen atoms in total. The number of fused-ring (bicyclic) bond motifs is 2. The average Bonchev–Trinajstić information content (AvgIpc) is 3.45. The highest BCUT2D eigenvalue weighted by Crippen LogP contribution is 2.32. The van der Waals surface area contributed by atoms with Gasteiger partial charge in [-0.2, -0.15) is 4.98 Å². The zero-order chi connectivity index (χ0) is 24.4. The number of nitrogens with one attached hydrogen (secondary N) is 2. The summed E-state index contributed by atoms with van der Waals surface area (Å²) in [5.74, 6) is 2.07. The minimum atomic E-state index is -0.154. The van der Waals surface area contributed by atoms with Crippen LogP contribution in [0.2, 0.25) is 0 Å². The monoisotopic (exact) mass is 489 g/mol. The van der Waals surface area contributed by atoms with E-state index < -0.39 is 0 Å². The van der Waals surface area contributed by atoms with Gasteiger partial charge in [0.15, 0.2) is 5.13 Å². The van der Waals surface area contributed by atoms with Crippen molar-refractivity contribution in [3.63, 3.8) is 0 Å². The van der Waals surface area contributed by atoms with E-state index in [-0.39, 0.29) is 18.4 Å². The Morgan fingerprint density at radius 3 is 2.80 bits per heavy atom. The van der Waals surface area contributed by atoms with E-state index in [1.54, 1.807) is 25.4 Å². The highest BCUT2D eigenvalue weighted by molar-refractivity contribution is 7.22. The predicted molar refractivity (Wildman–Crippen MR) is 135 cm³/mol. The van der Waals surface area contributed by atoms with Crippen LogP contribution in [0.3, 0.4) is 0 Å². The Morgan fingerprint density at radius 1 is 1.14 bits per heavy atom. The third kappa shape index (κ3) is 5.04. The maximum absolute atomic E-state index is 12.6. The van der Waals surface area contributed by atoms with Gasteiger partial charge in [0.25, 0.3) is 0 Å². The number of benzene rings is 1. The number of aromatic nitrogens is 5. The molecule has 4 aromatic heterocycles. The lowest BCUT2D eigenvalue weighted by molar-refractivity contribution is -0.115. The summed E-state index contributed by atoms with van der Waals surface area (Å²) in [5, 5.41) is 12.5. The summed E-state index contributed by atoms with van der Waals surface area (Å²) in [7, 11) is 0. The van der Waals surface area contributed by atoms with Crippen LogP contribution in [-0.2, 0) is 4.79 Å². The van der Waals surface area contributed by atoms with E-state index in [4.69, 9.17) is 9.26 Å². The Kier molecular flexibility index (Phi) is 6.23. The topological polar surface area (TPSA) is 128 Å². The van der Waals surface area contributed by atoms with Gasteiger partial charge in [0.2, 0.25) is 23.5 Å².